The Bertz CT molecular complexity index is 6360. The van der Waals surface area contributed by atoms with Gasteiger partial charge in [0.15, 0.2) is 5.78 Å². The molecule has 0 unspecified atom stereocenters. The van der Waals surface area contributed by atoms with Gasteiger partial charge >= 0.3 is 18.0 Å². The van der Waals surface area contributed by atoms with Crippen LogP contribution in [0.25, 0.3) is 52.9 Å². The zero-order valence-corrected chi connectivity index (χ0v) is 79.4. The number of likely N-dealkylation sites (tertiary alicyclic amines) is 3. The highest BCUT2D eigenvalue weighted by atomic mass is 19.3. The lowest BCUT2D eigenvalue weighted by atomic mass is 9.99. The fourth-order valence-electron chi connectivity index (χ4n) is 21.6. The number of ketones is 1. The van der Waals surface area contributed by atoms with Gasteiger partial charge in [-0.15, -0.1) is 0 Å². The first kappa shape index (κ1) is 94.6. The molecular formula is C107H120F2N22O7. The predicted octanol–water partition coefficient (Wildman–Crippen LogP) is 13.6. The summed E-state index contributed by atoms with van der Waals surface area (Å²) in [6, 6.07) is 45.6. The number of piperazine rings is 3. The lowest BCUT2D eigenvalue weighted by Crippen LogP contribution is -2.57. The third-order valence-corrected chi connectivity index (χ3v) is 29.1. The van der Waals surface area contributed by atoms with E-state index >= 15 is 0 Å². The first-order chi connectivity index (χ1) is 67.3. The highest BCUT2D eigenvalue weighted by molar-refractivity contribution is 6.06. The van der Waals surface area contributed by atoms with E-state index in [0.29, 0.717) is 159 Å². The van der Waals surface area contributed by atoms with Crippen molar-refractivity contribution < 1.29 is 42.2 Å². The van der Waals surface area contributed by atoms with E-state index in [0.717, 1.165) is 154 Å². The van der Waals surface area contributed by atoms with Crippen LogP contribution < -0.4 is 43.6 Å². The molecule has 4 aromatic heterocycles. The zero-order valence-electron chi connectivity index (χ0n) is 79.4. The number of ether oxygens (including phenoxy) is 3. The van der Waals surface area contributed by atoms with Crippen molar-refractivity contribution in [1.82, 2.24) is 64.3 Å². The highest BCUT2D eigenvalue weighted by Gasteiger charge is 2.42. The monoisotopic (exact) mass is 1860 g/mol. The number of nitrogens with zero attached hydrogens (tertiary/aromatic N) is 22. The van der Waals surface area contributed by atoms with Crippen molar-refractivity contribution in [3.05, 3.63) is 254 Å². The molecule has 6 atom stereocenters. The SMILES string of the molecule is [C-]#[N+]C[C@H]1CN(c2nc(OC[C@@H]3CCCN3C)nc3c2CCN(c2cccc4cccc(C)c24)C3)CCN1C(=O)/C=C/C(F)F.[C-]#[N+]C[C@H]1CN(c2nc(OC[C@@H]3CCCN3C)nc3c2CCN(c2cccc4cccc(C)c24)C3)CCN1C(=O)C1=CC(=O)CC1.[C-]#[N+]C[C@H]1CN(c2nc(OC[C@@H]3CCCN3C)nc3c2CCN(c2cccc4ccccc24)C3)CCN1C(=O)/C=C/c1cccnc1. The molecule has 0 spiro atoms. The van der Waals surface area contributed by atoms with Crippen LogP contribution in [0.1, 0.15) is 102 Å². The fraction of sp³-hybridized carbons (Fsp3) is 0.439. The maximum Gasteiger partial charge on any atom is 0.318 e. The van der Waals surface area contributed by atoms with Crippen LogP contribution in [0.4, 0.5) is 43.3 Å². The maximum absolute atomic E-state index is 13.4. The quantitative estimate of drug-likeness (QED) is 0.0427. The number of alkyl halides is 2. The Morgan fingerprint density at radius 3 is 1.28 bits per heavy atom. The Hall–Kier alpha value is -13.8. The van der Waals surface area contributed by atoms with Gasteiger partial charge in [-0.3, -0.25) is 24.2 Å². The van der Waals surface area contributed by atoms with Gasteiger partial charge in [-0.2, -0.15) is 29.9 Å². The molecule has 13 heterocycles. The van der Waals surface area contributed by atoms with Crippen LogP contribution in [0.2, 0.25) is 0 Å². The van der Waals surface area contributed by atoms with Crippen molar-refractivity contribution in [3.8, 4) is 18.0 Å². The van der Waals surface area contributed by atoms with Gasteiger partial charge in [0.05, 0.1) is 36.7 Å². The first-order valence-electron chi connectivity index (χ1n) is 48.6. The number of likely N-dealkylation sites (N-methyl/N-ethyl adjacent to an activating group) is 3. The van der Waals surface area contributed by atoms with Crippen molar-refractivity contribution in [2.24, 2.45) is 0 Å². The topological polar surface area (TPSA) is 238 Å². The number of benzene rings is 6. The molecule has 10 aromatic rings. The highest BCUT2D eigenvalue weighted by Crippen LogP contribution is 2.42. The number of pyridine rings is 1. The molecule has 6 aromatic carbocycles. The summed E-state index contributed by atoms with van der Waals surface area (Å²) in [5.74, 6) is 1.78. The summed E-state index contributed by atoms with van der Waals surface area (Å²) < 4.78 is 44.5. The molecule has 1 aliphatic carbocycles. The Morgan fingerprint density at radius 1 is 0.442 bits per heavy atom. The number of rotatable bonds is 23. The third-order valence-electron chi connectivity index (χ3n) is 29.1. The second-order valence-corrected chi connectivity index (χ2v) is 37.8. The first-order valence-corrected chi connectivity index (χ1v) is 48.6. The molecule has 0 saturated carbocycles. The summed E-state index contributed by atoms with van der Waals surface area (Å²) in [7, 11) is 6.39. The van der Waals surface area contributed by atoms with Crippen molar-refractivity contribution >= 4 is 96.4 Å². The van der Waals surface area contributed by atoms with Gasteiger partial charge in [0.25, 0.3) is 12.3 Å². The molecule has 714 valence electrons. The fourth-order valence-corrected chi connectivity index (χ4v) is 21.6. The molecule has 138 heavy (non-hydrogen) atoms. The van der Waals surface area contributed by atoms with Gasteiger partial charge in [0.2, 0.25) is 31.4 Å². The molecule has 31 heteroatoms. The minimum atomic E-state index is -2.71. The van der Waals surface area contributed by atoms with Crippen LogP contribution in [0, 0.1) is 33.6 Å². The number of hydrogen-bond donors (Lipinski definition) is 0. The normalized spacial score (nSPS) is 20.8. The van der Waals surface area contributed by atoms with Gasteiger partial charge in [0.1, 0.15) is 55.4 Å². The molecule has 0 bridgehead atoms. The minimum Gasteiger partial charge on any atom is -0.462 e. The van der Waals surface area contributed by atoms with Crippen LogP contribution in [0.3, 0.4) is 0 Å². The average Bonchev–Trinajstić information content (AvgIpc) is 0.995. The number of amides is 3. The summed E-state index contributed by atoms with van der Waals surface area (Å²) in [4.78, 5) is 122. The van der Waals surface area contributed by atoms with Crippen molar-refractivity contribution in [3.63, 3.8) is 0 Å². The molecule has 29 nitrogen and oxygen atoms in total. The lowest BCUT2D eigenvalue weighted by Gasteiger charge is -2.41. The molecule has 9 aliphatic heterocycles. The van der Waals surface area contributed by atoms with Crippen LogP contribution in [0.5, 0.6) is 18.0 Å². The minimum absolute atomic E-state index is 0.000333. The van der Waals surface area contributed by atoms with Crippen molar-refractivity contribution in [2.75, 3.05) is 188 Å². The van der Waals surface area contributed by atoms with E-state index in [1.807, 2.05) is 17.0 Å². The van der Waals surface area contributed by atoms with Crippen molar-refractivity contribution in [2.45, 2.75) is 147 Å². The van der Waals surface area contributed by atoms with E-state index in [1.165, 1.54) is 77.9 Å². The number of carbonyl (C=O) groups excluding carboxylic acids is 4. The van der Waals surface area contributed by atoms with Gasteiger partial charge in [-0.25, -0.2) is 28.5 Å². The number of fused-ring (bicyclic) bond motifs is 6. The molecule has 6 saturated heterocycles. The van der Waals surface area contributed by atoms with Gasteiger partial charge in [0, 0.05) is 183 Å². The summed E-state index contributed by atoms with van der Waals surface area (Å²) in [5.41, 5.74) is 13.6. The largest absolute Gasteiger partial charge is 0.462 e. The third kappa shape index (κ3) is 21.3. The molecule has 20 rings (SSSR count). The number of halogens is 2. The smallest absolute Gasteiger partial charge is 0.318 e. The van der Waals surface area contributed by atoms with E-state index in [9.17, 15) is 28.0 Å². The van der Waals surface area contributed by atoms with Gasteiger partial charge in [-0.05, 0) is 194 Å². The second-order valence-electron chi connectivity index (χ2n) is 37.8. The molecular weight excluding hydrogens is 1740 g/mol. The number of hydrogen-bond acceptors (Lipinski definition) is 23. The van der Waals surface area contributed by atoms with Crippen LogP contribution in [0.15, 0.2) is 170 Å². The van der Waals surface area contributed by atoms with E-state index in [2.05, 4.69) is 214 Å². The molecule has 0 N–H and O–H groups in total. The summed E-state index contributed by atoms with van der Waals surface area (Å²) in [6.07, 6.45) is 17.0. The Balaban J connectivity index is 0.000000137. The molecule has 10 aliphatic rings. The number of allylic oxidation sites excluding steroid dienone is 2. The maximum atomic E-state index is 13.4. The van der Waals surface area contributed by atoms with Crippen molar-refractivity contribution in [1.29, 1.82) is 0 Å². The van der Waals surface area contributed by atoms with E-state index in [-0.39, 0.29) is 49.3 Å². The van der Waals surface area contributed by atoms with E-state index in [1.54, 1.807) is 29.4 Å². The standard InChI is InChI=1S/C37H40N8O2.C36H41N7O3.C34H39F2N7O2/c1-38-23-30-24-44(20-21-45(30)35(46)15-14-27-8-6-17-39-22-27)36-32-16-19-43(34-13-5-10-28-9-3-4-12-31(28)34)25-33(32)40-37(41-36)47-26-29-11-7-18-42(29)2;1-24-7-4-8-25-9-5-11-32(33(24)25)41-16-14-30-31(22-41)38-36(46-23-27-10-6-15-40(27)3)39-34(30)42-17-18-43(28(21-42)20-37-2)35(45)26-12-13-29(44)19-26;1-23-7-4-8-24-9-5-11-29(32(23)24)41-16-14-27-28(21-41)38-34(45-22-25-10-6-15-40(25)3)39-33(27)42-17-18-43(26(20-42)19-37-2)31(44)13-12-30(35)36/h3-6,8-10,12-15,17,22,29-30H,7,11,16,18-21,23-26H2,2H3;4-5,7-9,11,19,27-28H,6,10,12-18,20-23H2,1,3H3;4-5,7-9,11-13,25-26,30H,6,10,14-22H2,1,3H3/b15-14+;;13-12+/t29-,30-;27-,28-;25-,26-/m000/s1. The summed E-state index contributed by atoms with van der Waals surface area (Å²) in [6.45, 7) is 41.1. The van der Waals surface area contributed by atoms with E-state index < -0.39 is 18.4 Å². The molecule has 6 fully saturated rings. The van der Waals surface area contributed by atoms with E-state index in [4.69, 9.17) is 63.8 Å². The number of aryl methyl sites for hydroxylation is 2. The number of aromatic nitrogens is 7. The summed E-state index contributed by atoms with van der Waals surface area (Å²) in [5, 5.41) is 7.39. The Labute approximate surface area is 805 Å². The Morgan fingerprint density at radius 2 is 0.855 bits per heavy atom. The summed E-state index contributed by atoms with van der Waals surface area (Å²) >= 11 is 0. The average molecular weight is 1860 g/mol. The van der Waals surface area contributed by atoms with Crippen LogP contribution in [-0.2, 0) is 58.1 Å². The second kappa shape index (κ2) is 43.3. The lowest BCUT2D eigenvalue weighted by molar-refractivity contribution is -0.130. The van der Waals surface area contributed by atoms with Gasteiger partial charge in [-0.1, -0.05) is 103 Å². The molecule has 3 amide bonds. The number of anilines is 6. The zero-order chi connectivity index (χ0) is 95.5. The van der Waals surface area contributed by atoms with Gasteiger partial charge < -0.3 is 87.5 Å². The van der Waals surface area contributed by atoms with Crippen LogP contribution >= 0.6 is 0 Å². The molecule has 0 radical (unpaired) electrons. The Kier molecular flexibility index (Phi) is 29.6. The van der Waals surface area contributed by atoms with Crippen LogP contribution in [-0.4, -0.2) is 289 Å². The number of carbonyl (C=O) groups is 4. The predicted molar refractivity (Wildman–Crippen MR) is 533 cm³/mol.